The molecule has 2 heterocycles. The molecule has 1 aromatic heterocycles. The van der Waals surface area contributed by atoms with Gasteiger partial charge in [0, 0.05) is 17.8 Å². The van der Waals surface area contributed by atoms with Crippen molar-refractivity contribution in [3.05, 3.63) is 28.5 Å². The number of likely N-dealkylation sites (tertiary alicyclic amines) is 1. The van der Waals surface area contributed by atoms with Crippen LogP contribution in [0.15, 0.2) is 12.1 Å². The predicted molar refractivity (Wildman–Crippen MR) is 74.9 cm³/mol. The Balaban J connectivity index is 2.26. The summed E-state index contributed by atoms with van der Waals surface area (Å²) in [5.74, 6) is -1.23. The SMILES string of the molecule is CCCc1cc(C(=O)N2CCC[C@@H]2C(=O)O)cc(Cl)n1. The lowest BCUT2D eigenvalue weighted by molar-refractivity contribution is -0.141. The number of carboxylic acids is 1. The Morgan fingerprint density at radius 1 is 1.50 bits per heavy atom. The smallest absolute Gasteiger partial charge is 0.326 e. The minimum Gasteiger partial charge on any atom is -0.480 e. The number of carbonyl (C=O) groups excluding carboxylic acids is 1. The van der Waals surface area contributed by atoms with Crippen molar-refractivity contribution in [3.63, 3.8) is 0 Å². The van der Waals surface area contributed by atoms with E-state index < -0.39 is 12.0 Å². The van der Waals surface area contributed by atoms with Gasteiger partial charge in [-0.1, -0.05) is 24.9 Å². The molecule has 0 aromatic carbocycles. The van der Waals surface area contributed by atoms with E-state index in [0.29, 0.717) is 24.9 Å². The number of halogens is 1. The van der Waals surface area contributed by atoms with E-state index in [4.69, 9.17) is 16.7 Å². The van der Waals surface area contributed by atoms with Crippen LogP contribution in [0.25, 0.3) is 0 Å². The lowest BCUT2D eigenvalue weighted by atomic mass is 10.1. The Kier molecular flexibility index (Phi) is 4.60. The first-order valence-corrected chi connectivity index (χ1v) is 7.11. The molecule has 0 radical (unpaired) electrons. The molecule has 1 fully saturated rings. The molecular formula is C14H17ClN2O3. The number of hydrogen-bond acceptors (Lipinski definition) is 3. The van der Waals surface area contributed by atoms with E-state index in [2.05, 4.69) is 4.98 Å². The molecule has 1 aromatic rings. The highest BCUT2D eigenvalue weighted by atomic mass is 35.5. The van der Waals surface area contributed by atoms with Crippen molar-refractivity contribution in [2.45, 2.75) is 38.6 Å². The average molecular weight is 297 g/mol. The van der Waals surface area contributed by atoms with Crippen LogP contribution in [0.4, 0.5) is 0 Å². The van der Waals surface area contributed by atoms with Gasteiger partial charge in [0.15, 0.2) is 0 Å². The Morgan fingerprint density at radius 2 is 2.25 bits per heavy atom. The van der Waals surface area contributed by atoms with E-state index >= 15 is 0 Å². The second-order valence-corrected chi connectivity index (χ2v) is 5.30. The number of pyridine rings is 1. The van der Waals surface area contributed by atoms with Crippen molar-refractivity contribution >= 4 is 23.5 Å². The maximum absolute atomic E-state index is 12.4. The van der Waals surface area contributed by atoms with Crippen LogP contribution >= 0.6 is 11.6 Å². The quantitative estimate of drug-likeness (QED) is 0.866. The standard InChI is InChI=1S/C14H17ClN2O3/c1-2-4-10-7-9(8-12(15)16-10)13(18)17-6-3-5-11(17)14(19)20/h7-8,11H,2-6H2,1H3,(H,19,20)/t11-/m1/s1. The third-order valence-electron chi connectivity index (χ3n) is 3.40. The van der Waals surface area contributed by atoms with Crippen LogP contribution in [0.3, 0.4) is 0 Å². The zero-order valence-electron chi connectivity index (χ0n) is 11.3. The summed E-state index contributed by atoms with van der Waals surface area (Å²) in [5, 5.41) is 9.41. The first kappa shape index (κ1) is 14.8. The molecule has 0 unspecified atom stereocenters. The van der Waals surface area contributed by atoms with E-state index in [1.165, 1.54) is 11.0 Å². The molecule has 1 N–H and O–H groups in total. The number of aliphatic carboxylic acids is 1. The van der Waals surface area contributed by atoms with Crippen LogP contribution in [0.5, 0.6) is 0 Å². The summed E-state index contributed by atoms with van der Waals surface area (Å²) >= 11 is 5.94. The van der Waals surface area contributed by atoms with Crippen molar-refractivity contribution in [3.8, 4) is 0 Å². The Morgan fingerprint density at radius 3 is 2.90 bits per heavy atom. The fraction of sp³-hybridized carbons (Fsp3) is 0.500. The molecule has 20 heavy (non-hydrogen) atoms. The van der Waals surface area contributed by atoms with Crippen molar-refractivity contribution in [2.75, 3.05) is 6.54 Å². The van der Waals surface area contributed by atoms with Gasteiger partial charge in [-0.3, -0.25) is 4.79 Å². The molecule has 108 valence electrons. The van der Waals surface area contributed by atoms with Gasteiger partial charge in [0.25, 0.3) is 5.91 Å². The summed E-state index contributed by atoms with van der Waals surface area (Å²) in [4.78, 5) is 29.2. The van der Waals surface area contributed by atoms with Crippen LogP contribution in [0.1, 0.15) is 42.2 Å². The molecule has 0 bridgehead atoms. The number of nitrogens with zero attached hydrogens (tertiary/aromatic N) is 2. The van der Waals surface area contributed by atoms with E-state index in [1.54, 1.807) is 6.07 Å². The summed E-state index contributed by atoms with van der Waals surface area (Å²) in [7, 11) is 0. The first-order valence-electron chi connectivity index (χ1n) is 6.73. The summed E-state index contributed by atoms with van der Waals surface area (Å²) in [6, 6.07) is 2.47. The topological polar surface area (TPSA) is 70.5 Å². The van der Waals surface area contributed by atoms with Crippen LogP contribution in [0.2, 0.25) is 5.15 Å². The summed E-state index contributed by atoms with van der Waals surface area (Å²) in [6.45, 7) is 2.49. The van der Waals surface area contributed by atoms with Gasteiger partial charge in [-0.15, -0.1) is 0 Å². The van der Waals surface area contributed by atoms with Gasteiger partial charge in [-0.05, 0) is 31.4 Å². The minimum absolute atomic E-state index is 0.269. The van der Waals surface area contributed by atoms with Crippen LogP contribution < -0.4 is 0 Å². The molecule has 1 saturated heterocycles. The highest BCUT2D eigenvalue weighted by Gasteiger charge is 2.34. The molecule has 1 aliphatic heterocycles. The molecule has 0 aliphatic carbocycles. The molecule has 1 amide bonds. The van der Waals surface area contributed by atoms with E-state index in [9.17, 15) is 9.59 Å². The van der Waals surface area contributed by atoms with Crippen molar-refractivity contribution in [2.24, 2.45) is 0 Å². The summed E-state index contributed by atoms with van der Waals surface area (Å²) in [5.41, 5.74) is 1.18. The number of rotatable bonds is 4. The molecule has 6 heteroatoms. The van der Waals surface area contributed by atoms with Crippen LogP contribution in [-0.4, -0.2) is 39.5 Å². The fourth-order valence-corrected chi connectivity index (χ4v) is 2.72. The zero-order chi connectivity index (χ0) is 14.7. The zero-order valence-corrected chi connectivity index (χ0v) is 12.1. The highest BCUT2D eigenvalue weighted by Crippen LogP contribution is 2.22. The highest BCUT2D eigenvalue weighted by molar-refractivity contribution is 6.29. The number of carboxylic acid groups (broad SMARTS) is 1. The molecule has 0 spiro atoms. The summed E-state index contributed by atoms with van der Waals surface area (Å²) in [6.07, 6.45) is 2.86. The van der Waals surface area contributed by atoms with Gasteiger partial charge < -0.3 is 10.0 Å². The average Bonchev–Trinajstić information content (AvgIpc) is 2.86. The summed E-state index contributed by atoms with van der Waals surface area (Å²) < 4.78 is 0. The molecule has 5 nitrogen and oxygen atoms in total. The van der Waals surface area contributed by atoms with E-state index in [0.717, 1.165) is 18.5 Å². The number of hydrogen-bond donors (Lipinski definition) is 1. The van der Waals surface area contributed by atoms with Gasteiger partial charge in [0.2, 0.25) is 0 Å². The van der Waals surface area contributed by atoms with Gasteiger partial charge in [0.05, 0.1) is 0 Å². The molecular weight excluding hydrogens is 280 g/mol. The lowest BCUT2D eigenvalue weighted by Gasteiger charge is -2.21. The number of carbonyl (C=O) groups is 2. The Hall–Kier alpha value is -1.62. The normalized spacial score (nSPS) is 18.3. The van der Waals surface area contributed by atoms with Crippen molar-refractivity contribution < 1.29 is 14.7 Å². The third-order valence-corrected chi connectivity index (χ3v) is 3.59. The van der Waals surface area contributed by atoms with E-state index in [-0.39, 0.29) is 11.1 Å². The predicted octanol–water partition coefficient (Wildman–Crippen LogP) is 2.38. The maximum atomic E-state index is 12.4. The maximum Gasteiger partial charge on any atom is 0.326 e. The van der Waals surface area contributed by atoms with E-state index in [1.807, 2.05) is 6.92 Å². The largest absolute Gasteiger partial charge is 0.480 e. The van der Waals surface area contributed by atoms with Gasteiger partial charge in [0.1, 0.15) is 11.2 Å². The molecule has 1 aliphatic rings. The second kappa shape index (κ2) is 6.22. The number of aryl methyl sites for hydroxylation is 1. The first-order chi connectivity index (χ1) is 9.52. The van der Waals surface area contributed by atoms with Gasteiger partial charge >= 0.3 is 5.97 Å². The third kappa shape index (κ3) is 3.10. The minimum atomic E-state index is -0.954. The number of aromatic nitrogens is 1. The molecule has 1 atom stereocenters. The fourth-order valence-electron chi connectivity index (χ4n) is 2.49. The Labute approximate surface area is 122 Å². The van der Waals surface area contributed by atoms with Crippen molar-refractivity contribution in [1.82, 2.24) is 9.88 Å². The van der Waals surface area contributed by atoms with Crippen molar-refractivity contribution in [1.29, 1.82) is 0 Å². The van der Waals surface area contributed by atoms with Gasteiger partial charge in [-0.25, -0.2) is 9.78 Å². The Bertz CT molecular complexity index is 533. The van der Waals surface area contributed by atoms with Crippen LogP contribution in [-0.2, 0) is 11.2 Å². The molecule has 0 saturated carbocycles. The van der Waals surface area contributed by atoms with Gasteiger partial charge in [-0.2, -0.15) is 0 Å². The lowest BCUT2D eigenvalue weighted by Crippen LogP contribution is -2.40. The van der Waals surface area contributed by atoms with Crippen LogP contribution in [0, 0.1) is 0 Å². The molecule has 2 rings (SSSR count). The second-order valence-electron chi connectivity index (χ2n) is 4.91. The number of amides is 1. The monoisotopic (exact) mass is 296 g/mol.